The summed E-state index contributed by atoms with van der Waals surface area (Å²) in [7, 11) is 0. The maximum atomic E-state index is 8.23. The van der Waals surface area contributed by atoms with E-state index < -0.39 is 0 Å². The number of rotatable bonds is 4. The lowest BCUT2D eigenvalue weighted by Gasteiger charge is -1.87. The molecule has 7 heavy (non-hydrogen) atoms. The van der Waals surface area contributed by atoms with Crippen LogP contribution in [0.4, 0.5) is 0 Å². The zero-order chi connectivity index (χ0) is 5.54. The number of nitrogens with zero attached hydrogens (tertiary/aromatic N) is 1. The Hall–Kier alpha value is -0.370. The molecule has 0 atom stereocenters. The Balaban J connectivity index is 2.56. The van der Waals surface area contributed by atoms with Gasteiger partial charge in [0.2, 0.25) is 0 Å². The molecule has 0 saturated carbocycles. The van der Waals surface area contributed by atoms with E-state index in [1.54, 1.807) is 0 Å². The minimum atomic E-state index is 0.273. The van der Waals surface area contributed by atoms with Crippen LogP contribution < -0.4 is 0 Å². The number of aliphatic hydroxyl groups excluding tert-OH is 1. The van der Waals surface area contributed by atoms with Gasteiger partial charge >= 0.3 is 0 Å². The molecule has 0 bridgehead atoms. The molecule has 0 amide bonds. The van der Waals surface area contributed by atoms with Crippen molar-refractivity contribution in [3.05, 3.63) is 0 Å². The van der Waals surface area contributed by atoms with E-state index in [-0.39, 0.29) is 6.61 Å². The first-order valence-corrected chi connectivity index (χ1v) is 2.45. The van der Waals surface area contributed by atoms with Gasteiger partial charge in [0.25, 0.3) is 0 Å². The lowest BCUT2D eigenvalue weighted by atomic mass is 10.3. The monoisotopic (exact) mass is 101 g/mol. The van der Waals surface area contributed by atoms with Crippen LogP contribution in [0.5, 0.6) is 0 Å². The van der Waals surface area contributed by atoms with Gasteiger partial charge in [0.15, 0.2) is 0 Å². The summed E-state index contributed by atoms with van der Waals surface area (Å²) in [6.07, 6.45) is 1.80. The van der Waals surface area contributed by atoms with Gasteiger partial charge in [-0.2, -0.15) is 0 Å². The van der Waals surface area contributed by atoms with Gasteiger partial charge in [0, 0.05) is 13.2 Å². The Morgan fingerprint density at radius 2 is 2.14 bits per heavy atom. The zero-order valence-electron chi connectivity index (χ0n) is 4.43. The summed E-state index contributed by atoms with van der Waals surface area (Å²) in [5.74, 6) is 0. The minimum Gasteiger partial charge on any atom is -0.396 e. The van der Waals surface area contributed by atoms with Crippen molar-refractivity contribution in [3.8, 4) is 0 Å². The zero-order valence-corrected chi connectivity index (χ0v) is 4.43. The lowest BCUT2D eigenvalue weighted by Crippen LogP contribution is -1.84. The standard InChI is InChI=1S/C5H11NO/c1-6-4-2-3-5-7/h7H,1-5H2. The molecule has 1 N–H and O–H groups in total. The number of aliphatic imine (C=N–C) groups is 1. The molecule has 42 valence electrons. The first kappa shape index (κ1) is 6.63. The fraction of sp³-hybridized carbons (Fsp3) is 0.800. The summed E-state index contributed by atoms with van der Waals surface area (Å²) in [4.78, 5) is 3.61. The first-order chi connectivity index (χ1) is 3.41. The molecule has 0 heterocycles. The van der Waals surface area contributed by atoms with Crippen LogP contribution in [-0.2, 0) is 0 Å². The Morgan fingerprint density at radius 1 is 1.43 bits per heavy atom. The maximum absolute atomic E-state index is 8.23. The number of hydrogen-bond acceptors (Lipinski definition) is 2. The third kappa shape index (κ3) is 5.63. The quantitative estimate of drug-likeness (QED) is 0.405. The molecule has 0 radical (unpaired) electrons. The fourth-order valence-corrected chi connectivity index (χ4v) is 0.335. The lowest BCUT2D eigenvalue weighted by molar-refractivity contribution is 0.285. The van der Waals surface area contributed by atoms with Gasteiger partial charge in [-0.15, -0.1) is 0 Å². The molecule has 0 fully saturated rings. The molecular weight excluding hydrogens is 90.1 g/mol. The average Bonchev–Trinajstić information content (AvgIpc) is 1.69. The molecule has 0 aromatic rings. The van der Waals surface area contributed by atoms with E-state index in [0.717, 1.165) is 19.4 Å². The highest BCUT2D eigenvalue weighted by atomic mass is 16.2. The van der Waals surface area contributed by atoms with Gasteiger partial charge < -0.3 is 10.1 Å². The average molecular weight is 101 g/mol. The third-order valence-electron chi connectivity index (χ3n) is 0.724. The highest BCUT2D eigenvalue weighted by molar-refractivity contribution is 5.22. The molecule has 0 aromatic carbocycles. The van der Waals surface area contributed by atoms with Crippen molar-refractivity contribution in [2.75, 3.05) is 13.2 Å². The summed E-state index contributed by atoms with van der Waals surface area (Å²) >= 11 is 0. The number of aliphatic hydroxyl groups is 1. The van der Waals surface area contributed by atoms with Crippen LogP contribution >= 0.6 is 0 Å². The minimum absolute atomic E-state index is 0.273. The highest BCUT2D eigenvalue weighted by Crippen LogP contribution is 1.84. The van der Waals surface area contributed by atoms with Crippen molar-refractivity contribution in [1.29, 1.82) is 0 Å². The van der Waals surface area contributed by atoms with Crippen molar-refractivity contribution in [3.63, 3.8) is 0 Å². The topological polar surface area (TPSA) is 32.6 Å². The van der Waals surface area contributed by atoms with Gasteiger partial charge in [-0.25, -0.2) is 0 Å². The van der Waals surface area contributed by atoms with Crippen LogP contribution in [0.25, 0.3) is 0 Å². The normalized spacial score (nSPS) is 8.71. The van der Waals surface area contributed by atoms with Gasteiger partial charge in [-0.1, -0.05) is 0 Å². The Bertz CT molecular complexity index is 45.3. The van der Waals surface area contributed by atoms with E-state index in [9.17, 15) is 0 Å². The maximum Gasteiger partial charge on any atom is 0.0431 e. The van der Waals surface area contributed by atoms with Gasteiger partial charge in [-0.3, -0.25) is 0 Å². The molecule has 0 unspecified atom stereocenters. The smallest absolute Gasteiger partial charge is 0.0431 e. The van der Waals surface area contributed by atoms with Crippen LogP contribution in [-0.4, -0.2) is 25.0 Å². The van der Waals surface area contributed by atoms with E-state index in [1.807, 2.05) is 0 Å². The molecule has 2 nitrogen and oxygen atoms in total. The molecule has 0 aromatic heterocycles. The fourth-order valence-electron chi connectivity index (χ4n) is 0.335. The summed E-state index contributed by atoms with van der Waals surface area (Å²) in [6.45, 7) is 4.35. The van der Waals surface area contributed by atoms with Gasteiger partial charge in [-0.05, 0) is 19.6 Å². The molecule has 0 aliphatic carbocycles. The van der Waals surface area contributed by atoms with Crippen molar-refractivity contribution in [2.45, 2.75) is 12.8 Å². The van der Waals surface area contributed by atoms with Crippen molar-refractivity contribution >= 4 is 6.72 Å². The van der Waals surface area contributed by atoms with Crippen LogP contribution in [0.1, 0.15) is 12.8 Å². The molecule has 0 aliphatic rings. The number of unbranched alkanes of at least 4 members (excludes halogenated alkanes) is 1. The van der Waals surface area contributed by atoms with Crippen LogP contribution in [0, 0.1) is 0 Å². The summed E-state index contributed by atoms with van der Waals surface area (Å²) in [5.41, 5.74) is 0. The molecule has 0 aliphatic heterocycles. The largest absolute Gasteiger partial charge is 0.396 e. The van der Waals surface area contributed by atoms with Gasteiger partial charge in [0.05, 0.1) is 0 Å². The molecule has 0 spiro atoms. The van der Waals surface area contributed by atoms with E-state index >= 15 is 0 Å². The van der Waals surface area contributed by atoms with E-state index in [0.29, 0.717) is 0 Å². The SMILES string of the molecule is C=NCCCCO. The summed E-state index contributed by atoms with van der Waals surface area (Å²) < 4.78 is 0. The Labute approximate surface area is 43.9 Å². The second kappa shape index (κ2) is 5.63. The van der Waals surface area contributed by atoms with E-state index in [1.165, 1.54) is 0 Å². The second-order valence-corrected chi connectivity index (χ2v) is 1.38. The third-order valence-corrected chi connectivity index (χ3v) is 0.724. The van der Waals surface area contributed by atoms with Crippen LogP contribution in [0.3, 0.4) is 0 Å². The predicted octanol–water partition coefficient (Wildman–Crippen LogP) is 0.460. The molecule has 0 saturated heterocycles. The van der Waals surface area contributed by atoms with E-state index in [4.69, 9.17) is 5.11 Å². The predicted molar refractivity (Wildman–Crippen MR) is 30.7 cm³/mol. The molecule has 2 heteroatoms. The van der Waals surface area contributed by atoms with Crippen molar-refractivity contribution in [2.24, 2.45) is 4.99 Å². The van der Waals surface area contributed by atoms with Crippen molar-refractivity contribution in [1.82, 2.24) is 0 Å². The molecular formula is C5H11NO. The summed E-state index contributed by atoms with van der Waals surface area (Å²) in [6, 6.07) is 0. The van der Waals surface area contributed by atoms with Gasteiger partial charge in [0.1, 0.15) is 0 Å². The Kier molecular flexibility index (Phi) is 5.33. The molecule has 0 rings (SSSR count). The van der Waals surface area contributed by atoms with Crippen molar-refractivity contribution < 1.29 is 5.11 Å². The Morgan fingerprint density at radius 3 is 2.57 bits per heavy atom. The van der Waals surface area contributed by atoms with Crippen LogP contribution in [0.15, 0.2) is 4.99 Å². The first-order valence-electron chi connectivity index (χ1n) is 2.45. The van der Waals surface area contributed by atoms with Crippen LogP contribution in [0.2, 0.25) is 0 Å². The number of hydrogen-bond donors (Lipinski definition) is 1. The second-order valence-electron chi connectivity index (χ2n) is 1.38. The highest BCUT2D eigenvalue weighted by Gasteiger charge is 1.78. The summed E-state index contributed by atoms with van der Waals surface area (Å²) in [5, 5.41) is 8.23. The van der Waals surface area contributed by atoms with E-state index in [2.05, 4.69) is 11.7 Å².